The average Bonchev–Trinajstić information content (AvgIpc) is 3.07. The van der Waals surface area contributed by atoms with E-state index < -0.39 is 5.54 Å². The van der Waals surface area contributed by atoms with Crippen LogP contribution < -0.4 is 10.6 Å². The number of hydrogen-bond acceptors (Lipinski definition) is 4. The second-order valence-electron chi connectivity index (χ2n) is 6.09. The van der Waals surface area contributed by atoms with Gasteiger partial charge in [-0.15, -0.1) is 0 Å². The fourth-order valence-corrected chi connectivity index (χ4v) is 2.86. The summed E-state index contributed by atoms with van der Waals surface area (Å²) < 4.78 is 5.23. The van der Waals surface area contributed by atoms with Gasteiger partial charge in [0.2, 0.25) is 5.91 Å². The monoisotopic (exact) mass is 359 g/mol. The molecule has 1 aromatic heterocycles. The molecule has 1 aliphatic carbocycles. The van der Waals surface area contributed by atoms with Gasteiger partial charge in [0.1, 0.15) is 0 Å². The molecule has 7 heteroatoms. The first kappa shape index (κ1) is 17.2. The molecule has 0 saturated heterocycles. The van der Waals surface area contributed by atoms with Crippen LogP contribution in [0.2, 0.25) is 5.02 Å². The van der Waals surface area contributed by atoms with Crippen LogP contribution in [-0.2, 0) is 4.79 Å². The zero-order valence-corrected chi connectivity index (χ0v) is 14.3. The minimum atomic E-state index is -0.399. The van der Waals surface area contributed by atoms with Crippen molar-refractivity contribution in [2.45, 2.75) is 24.8 Å². The predicted octanol–water partition coefficient (Wildman–Crippen LogP) is 2.95. The van der Waals surface area contributed by atoms with Crippen LogP contribution in [0, 0.1) is 0 Å². The van der Waals surface area contributed by atoms with Crippen LogP contribution in [0.5, 0.6) is 0 Å². The summed E-state index contributed by atoms with van der Waals surface area (Å²) in [7, 11) is 0. The van der Waals surface area contributed by atoms with Crippen LogP contribution in [0.25, 0.3) is 11.3 Å². The van der Waals surface area contributed by atoms with E-state index in [0.717, 1.165) is 24.8 Å². The zero-order chi connectivity index (χ0) is 17.9. The average molecular weight is 360 g/mol. The van der Waals surface area contributed by atoms with Crippen LogP contribution in [-0.4, -0.2) is 29.1 Å². The van der Waals surface area contributed by atoms with Crippen LogP contribution >= 0.6 is 11.6 Å². The first-order valence-electron chi connectivity index (χ1n) is 7.97. The summed E-state index contributed by atoms with van der Waals surface area (Å²) >= 11 is 5.86. The van der Waals surface area contributed by atoms with Crippen LogP contribution in [0.15, 0.2) is 47.5 Å². The van der Waals surface area contributed by atoms with Crippen molar-refractivity contribution in [1.82, 2.24) is 15.8 Å². The number of amides is 2. The number of hydrogen-bond donors (Lipinski definition) is 2. The van der Waals surface area contributed by atoms with Crippen molar-refractivity contribution >= 4 is 23.4 Å². The van der Waals surface area contributed by atoms with Gasteiger partial charge in [-0.05, 0) is 49.6 Å². The van der Waals surface area contributed by atoms with Gasteiger partial charge in [0, 0.05) is 23.2 Å². The number of aromatic nitrogens is 1. The van der Waals surface area contributed by atoms with E-state index in [1.807, 2.05) is 0 Å². The molecule has 1 saturated carbocycles. The Morgan fingerprint density at radius 2 is 2.04 bits per heavy atom. The molecule has 0 unspecified atom stereocenters. The molecule has 6 nitrogen and oxygen atoms in total. The zero-order valence-electron chi connectivity index (χ0n) is 13.5. The molecule has 1 aliphatic rings. The van der Waals surface area contributed by atoms with Gasteiger partial charge < -0.3 is 15.2 Å². The Hall–Kier alpha value is -2.60. The first-order chi connectivity index (χ1) is 12.0. The summed E-state index contributed by atoms with van der Waals surface area (Å²) in [6, 6.07) is 8.63. The van der Waals surface area contributed by atoms with E-state index in [0.29, 0.717) is 17.3 Å². The molecular formula is C18H18ClN3O3. The van der Waals surface area contributed by atoms with Crippen molar-refractivity contribution in [2.24, 2.45) is 0 Å². The molecule has 1 aromatic carbocycles. The topological polar surface area (TPSA) is 84.2 Å². The number of halogens is 1. The van der Waals surface area contributed by atoms with Gasteiger partial charge in [0.15, 0.2) is 11.5 Å². The Balaban J connectivity index is 1.63. The molecule has 0 atom stereocenters. The molecule has 0 spiro atoms. The van der Waals surface area contributed by atoms with E-state index in [9.17, 15) is 9.59 Å². The van der Waals surface area contributed by atoms with E-state index in [-0.39, 0.29) is 17.5 Å². The highest BCUT2D eigenvalue weighted by molar-refractivity contribution is 6.30. The van der Waals surface area contributed by atoms with E-state index in [4.69, 9.17) is 16.1 Å². The molecule has 2 amide bonds. The summed E-state index contributed by atoms with van der Waals surface area (Å²) in [6.45, 7) is 3.79. The van der Waals surface area contributed by atoms with Gasteiger partial charge in [-0.1, -0.05) is 23.3 Å². The second-order valence-corrected chi connectivity index (χ2v) is 6.53. The second kappa shape index (κ2) is 7.11. The Morgan fingerprint density at radius 3 is 2.64 bits per heavy atom. The lowest BCUT2D eigenvalue weighted by molar-refractivity contribution is -0.119. The first-order valence-corrected chi connectivity index (χ1v) is 8.35. The van der Waals surface area contributed by atoms with Crippen LogP contribution in [0.4, 0.5) is 0 Å². The highest BCUT2D eigenvalue weighted by Gasteiger charge is 2.38. The number of carbonyl (C=O) groups excluding carboxylic acids is 2. The standard InChI is InChI=1S/C18H18ClN3O3/c1-2-16(23)21-18(8-3-9-18)11-20-17(24)14-10-15(25-22-14)12-4-6-13(19)7-5-12/h2,4-7,10H,1,3,8-9,11H2,(H,20,24)(H,21,23). The normalized spacial score (nSPS) is 15.1. The van der Waals surface area contributed by atoms with Crippen molar-refractivity contribution in [1.29, 1.82) is 0 Å². The molecule has 2 aromatic rings. The lowest BCUT2D eigenvalue weighted by Crippen LogP contribution is -2.59. The maximum absolute atomic E-state index is 12.3. The van der Waals surface area contributed by atoms with E-state index in [1.54, 1.807) is 30.3 Å². The summed E-state index contributed by atoms with van der Waals surface area (Å²) in [5.41, 5.74) is 0.572. The largest absolute Gasteiger partial charge is 0.355 e. The quantitative estimate of drug-likeness (QED) is 0.776. The van der Waals surface area contributed by atoms with Crippen molar-refractivity contribution in [3.8, 4) is 11.3 Å². The lowest BCUT2D eigenvalue weighted by atomic mass is 9.76. The van der Waals surface area contributed by atoms with Gasteiger partial charge in [-0.2, -0.15) is 0 Å². The summed E-state index contributed by atoms with van der Waals surface area (Å²) in [5.74, 6) is -0.0939. The van der Waals surface area contributed by atoms with Gasteiger partial charge in [-0.25, -0.2) is 0 Å². The number of carbonyl (C=O) groups is 2. The van der Waals surface area contributed by atoms with Crippen molar-refractivity contribution < 1.29 is 14.1 Å². The molecule has 0 aliphatic heterocycles. The Kier molecular flexibility index (Phi) is 4.90. The van der Waals surface area contributed by atoms with Gasteiger partial charge in [0.05, 0.1) is 5.54 Å². The summed E-state index contributed by atoms with van der Waals surface area (Å²) in [5, 5.41) is 10.1. The highest BCUT2D eigenvalue weighted by atomic mass is 35.5. The number of nitrogens with one attached hydrogen (secondary N) is 2. The molecule has 3 rings (SSSR count). The molecule has 0 radical (unpaired) electrons. The van der Waals surface area contributed by atoms with E-state index >= 15 is 0 Å². The summed E-state index contributed by atoms with van der Waals surface area (Å²) in [6.07, 6.45) is 3.89. The smallest absolute Gasteiger partial charge is 0.273 e. The minimum Gasteiger partial charge on any atom is -0.355 e. The SMILES string of the molecule is C=CC(=O)NC1(CNC(=O)c2cc(-c3ccc(Cl)cc3)on2)CCC1. The molecular weight excluding hydrogens is 342 g/mol. The number of nitrogens with zero attached hydrogens (tertiary/aromatic N) is 1. The Morgan fingerprint density at radius 1 is 1.32 bits per heavy atom. The van der Waals surface area contributed by atoms with Crippen molar-refractivity contribution in [3.63, 3.8) is 0 Å². The number of rotatable bonds is 6. The third-order valence-electron chi connectivity index (χ3n) is 4.34. The van der Waals surface area contributed by atoms with Crippen molar-refractivity contribution in [3.05, 3.63) is 53.7 Å². The molecule has 130 valence electrons. The lowest BCUT2D eigenvalue weighted by Gasteiger charge is -2.42. The maximum Gasteiger partial charge on any atom is 0.273 e. The maximum atomic E-state index is 12.3. The number of benzene rings is 1. The Bertz CT molecular complexity index is 794. The fraction of sp³-hybridized carbons (Fsp3) is 0.278. The van der Waals surface area contributed by atoms with Crippen LogP contribution in [0.1, 0.15) is 29.8 Å². The molecule has 1 fully saturated rings. The van der Waals surface area contributed by atoms with E-state index in [2.05, 4.69) is 22.4 Å². The molecule has 1 heterocycles. The molecule has 25 heavy (non-hydrogen) atoms. The van der Waals surface area contributed by atoms with Gasteiger partial charge in [-0.3, -0.25) is 9.59 Å². The van der Waals surface area contributed by atoms with Gasteiger partial charge >= 0.3 is 0 Å². The third-order valence-corrected chi connectivity index (χ3v) is 4.60. The summed E-state index contributed by atoms with van der Waals surface area (Å²) in [4.78, 5) is 23.8. The Labute approximate surface area is 150 Å². The van der Waals surface area contributed by atoms with Crippen LogP contribution in [0.3, 0.4) is 0 Å². The van der Waals surface area contributed by atoms with E-state index in [1.165, 1.54) is 6.08 Å². The van der Waals surface area contributed by atoms with Crippen molar-refractivity contribution in [2.75, 3.05) is 6.54 Å². The molecule has 0 bridgehead atoms. The van der Waals surface area contributed by atoms with Gasteiger partial charge in [0.25, 0.3) is 5.91 Å². The fourth-order valence-electron chi connectivity index (χ4n) is 2.73. The minimum absolute atomic E-state index is 0.189. The molecule has 2 N–H and O–H groups in total. The highest BCUT2D eigenvalue weighted by Crippen LogP contribution is 2.31. The predicted molar refractivity (Wildman–Crippen MR) is 94.2 cm³/mol. The third kappa shape index (κ3) is 3.91.